The maximum absolute atomic E-state index is 12.9. The van der Waals surface area contributed by atoms with Gasteiger partial charge in [-0.25, -0.2) is 14.2 Å². The highest BCUT2D eigenvalue weighted by molar-refractivity contribution is 6.29. The van der Waals surface area contributed by atoms with Crippen molar-refractivity contribution < 1.29 is 14.3 Å². The first kappa shape index (κ1) is 14.3. The minimum Gasteiger partial charge on any atom is -0.478 e. The van der Waals surface area contributed by atoms with Gasteiger partial charge in [0.2, 0.25) is 0 Å². The number of carbonyl (C=O) groups is 1. The molecule has 1 aromatic carbocycles. The monoisotopic (exact) mass is 294 g/mol. The number of halogens is 2. The number of nitrogens with zero attached hydrogens (tertiary/aromatic N) is 1. The first-order valence-electron chi connectivity index (χ1n) is 5.88. The summed E-state index contributed by atoms with van der Waals surface area (Å²) < 4.78 is 12.9. The molecule has 0 aliphatic heterocycles. The number of nitrogens with one attached hydrogen (secondary N) is 1. The highest BCUT2D eigenvalue weighted by Crippen LogP contribution is 2.21. The molecule has 1 atom stereocenters. The van der Waals surface area contributed by atoms with Gasteiger partial charge in [-0.05, 0) is 36.8 Å². The summed E-state index contributed by atoms with van der Waals surface area (Å²) in [4.78, 5) is 15.0. The lowest BCUT2D eigenvalue weighted by atomic mass is 10.1. The van der Waals surface area contributed by atoms with Crippen LogP contribution in [0.5, 0.6) is 0 Å². The Bertz CT molecular complexity index is 632. The Balaban J connectivity index is 2.21. The molecule has 1 heterocycles. The van der Waals surface area contributed by atoms with Crippen molar-refractivity contribution in [2.24, 2.45) is 0 Å². The summed E-state index contributed by atoms with van der Waals surface area (Å²) in [5.74, 6) is -1.03. The van der Waals surface area contributed by atoms with E-state index in [2.05, 4.69) is 10.3 Å². The average molecular weight is 295 g/mol. The van der Waals surface area contributed by atoms with Gasteiger partial charge >= 0.3 is 5.97 Å². The van der Waals surface area contributed by atoms with Crippen LogP contribution in [0.2, 0.25) is 5.15 Å². The van der Waals surface area contributed by atoms with Gasteiger partial charge in [-0.15, -0.1) is 0 Å². The van der Waals surface area contributed by atoms with Crippen LogP contribution in [0.4, 0.5) is 10.2 Å². The van der Waals surface area contributed by atoms with E-state index in [1.165, 1.54) is 24.3 Å². The van der Waals surface area contributed by atoms with E-state index in [1.54, 1.807) is 12.1 Å². The molecule has 0 saturated carbocycles. The molecular weight excluding hydrogens is 283 g/mol. The molecule has 2 N–H and O–H groups in total. The molecule has 1 aromatic heterocycles. The van der Waals surface area contributed by atoms with Crippen molar-refractivity contribution in [1.82, 2.24) is 4.98 Å². The molecule has 0 aliphatic rings. The van der Waals surface area contributed by atoms with Gasteiger partial charge in [-0.2, -0.15) is 0 Å². The highest BCUT2D eigenvalue weighted by Gasteiger charge is 2.10. The molecule has 20 heavy (non-hydrogen) atoms. The van der Waals surface area contributed by atoms with Crippen LogP contribution >= 0.6 is 11.6 Å². The van der Waals surface area contributed by atoms with E-state index < -0.39 is 5.97 Å². The van der Waals surface area contributed by atoms with Crippen LogP contribution in [-0.2, 0) is 0 Å². The molecule has 4 nitrogen and oxygen atoms in total. The van der Waals surface area contributed by atoms with Gasteiger partial charge in [0.25, 0.3) is 0 Å². The molecule has 0 aliphatic carbocycles. The highest BCUT2D eigenvalue weighted by atomic mass is 35.5. The Morgan fingerprint density at radius 2 is 2.00 bits per heavy atom. The molecule has 0 amide bonds. The second kappa shape index (κ2) is 5.88. The Kier molecular flexibility index (Phi) is 4.20. The summed E-state index contributed by atoms with van der Waals surface area (Å²) in [5.41, 5.74) is 0.906. The van der Waals surface area contributed by atoms with Crippen molar-refractivity contribution in [2.45, 2.75) is 13.0 Å². The lowest BCUT2D eigenvalue weighted by Gasteiger charge is -2.15. The number of carboxylic acid groups (broad SMARTS) is 1. The predicted octanol–water partition coefficient (Wildman–Crippen LogP) is 3.75. The van der Waals surface area contributed by atoms with Crippen molar-refractivity contribution in [1.29, 1.82) is 0 Å². The van der Waals surface area contributed by atoms with Gasteiger partial charge in [-0.1, -0.05) is 23.7 Å². The molecule has 0 spiro atoms. The maximum atomic E-state index is 12.9. The second-order valence-electron chi connectivity index (χ2n) is 4.29. The molecule has 0 unspecified atom stereocenters. The van der Waals surface area contributed by atoms with E-state index in [4.69, 9.17) is 16.7 Å². The van der Waals surface area contributed by atoms with Gasteiger partial charge in [-0.3, -0.25) is 0 Å². The summed E-state index contributed by atoms with van der Waals surface area (Å²) in [6.45, 7) is 1.86. The number of carboxylic acids is 1. The fourth-order valence-corrected chi connectivity index (χ4v) is 1.96. The third-order valence-electron chi connectivity index (χ3n) is 2.78. The van der Waals surface area contributed by atoms with Crippen LogP contribution in [-0.4, -0.2) is 16.1 Å². The number of benzene rings is 1. The number of hydrogen-bond acceptors (Lipinski definition) is 3. The average Bonchev–Trinajstić information content (AvgIpc) is 2.38. The van der Waals surface area contributed by atoms with E-state index >= 15 is 0 Å². The molecule has 6 heteroatoms. The van der Waals surface area contributed by atoms with E-state index in [-0.39, 0.29) is 22.6 Å². The minimum absolute atomic E-state index is 0.0545. The van der Waals surface area contributed by atoms with E-state index in [0.717, 1.165) is 5.56 Å². The summed E-state index contributed by atoms with van der Waals surface area (Å²) in [6, 6.07) is 8.53. The third-order valence-corrected chi connectivity index (χ3v) is 2.97. The number of aromatic nitrogens is 1. The van der Waals surface area contributed by atoms with E-state index in [9.17, 15) is 9.18 Å². The fraction of sp³-hybridized carbons (Fsp3) is 0.143. The number of aromatic carboxylic acids is 1. The van der Waals surface area contributed by atoms with Crippen LogP contribution in [0.15, 0.2) is 36.4 Å². The summed E-state index contributed by atoms with van der Waals surface area (Å²) >= 11 is 5.78. The summed E-state index contributed by atoms with van der Waals surface area (Å²) in [5, 5.41) is 12.1. The first-order chi connectivity index (χ1) is 9.45. The van der Waals surface area contributed by atoms with Crippen molar-refractivity contribution in [2.75, 3.05) is 5.32 Å². The van der Waals surface area contributed by atoms with Gasteiger partial charge in [0.15, 0.2) is 0 Å². The molecule has 104 valence electrons. The smallest absolute Gasteiger partial charge is 0.335 e. The largest absolute Gasteiger partial charge is 0.478 e. The number of hydrogen-bond donors (Lipinski definition) is 2. The zero-order valence-electron chi connectivity index (χ0n) is 10.6. The number of rotatable bonds is 4. The third kappa shape index (κ3) is 3.45. The van der Waals surface area contributed by atoms with Crippen LogP contribution in [0.1, 0.15) is 28.9 Å². The lowest BCUT2D eigenvalue weighted by Crippen LogP contribution is -2.09. The number of pyridine rings is 1. The zero-order chi connectivity index (χ0) is 14.7. The van der Waals surface area contributed by atoms with Crippen LogP contribution < -0.4 is 5.32 Å². The van der Waals surface area contributed by atoms with Gasteiger partial charge in [0.05, 0.1) is 5.56 Å². The van der Waals surface area contributed by atoms with Gasteiger partial charge in [0, 0.05) is 6.04 Å². The van der Waals surface area contributed by atoms with Crippen LogP contribution in [0, 0.1) is 5.82 Å². The van der Waals surface area contributed by atoms with Gasteiger partial charge in [0.1, 0.15) is 16.8 Å². The SMILES string of the molecule is C[C@H](Nc1cc(C(=O)O)cc(Cl)n1)c1ccc(F)cc1. The number of anilines is 1. The van der Waals surface area contributed by atoms with Crippen molar-refractivity contribution in [3.05, 3.63) is 58.5 Å². The molecule has 0 bridgehead atoms. The van der Waals surface area contributed by atoms with Crippen molar-refractivity contribution >= 4 is 23.4 Å². The Morgan fingerprint density at radius 1 is 1.35 bits per heavy atom. The molecule has 0 saturated heterocycles. The summed E-state index contributed by atoms with van der Waals surface area (Å²) in [7, 11) is 0. The van der Waals surface area contributed by atoms with E-state index in [0.29, 0.717) is 5.82 Å². The second-order valence-corrected chi connectivity index (χ2v) is 4.67. The quantitative estimate of drug-likeness (QED) is 0.843. The maximum Gasteiger partial charge on any atom is 0.335 e. The van der Waals surface area contributed by atoms with Crippen molar-refractivity contribution in [3.8, 4) is 0 Å². The lowest BCUT2D eigenvalue weighted by molar-refractivity contribution is 0.0697. The van der Waals surface area contributed by atoms with Crippen LogP contribution in [0.3, 0.4) is 0 Å². The topological polar surface area (TPSA) is 62.2 Å². The Labute approximate surface area is 120 Å². The first-order valence-corrected chi connectivity index (χ1v) is 6.26. The molecule has 2 aromatic rings. The van der Waals surface area contributed by atoms with Crippen LogP contribution in [0.25, 0.3) is 0 Å². The zero-order valence-corrected chi connectivity index (χ0v) is 11.4. The molecule has 2 rings (SSSR count). The standard InChI is InChI=1S/C14H12ClFN2O2/c1-8(9-2-4-11(16)5-3-9)17-13-7-10(14(19)20)6-12(15)18-13/h2-8H,1H3,(H,17,18)(H,19,20)/t8-/m0/s1. The fourth-order valence-electron chi connectivity index (χ4n) is 1.75. The molecule has 0 radical (unpaired) electrons. The molecule has 0 fully saturated rings. The normalized spacial score (nSPS) is 11.9. The minimum atomic E-state index is -1.08. The predicted molar refractivity (Wildman–Crippen MR) is 74.6 cm³/mol. The Morgan fingerprint density at radius 3 is 2.60 bits per heavy atom. The van der Waals surface area contributed by atoms with E-state index in [1.807, 2.05) is 6.92 Å². The summed E-state index contributed by atoms with van der Waals surface area (Å²) in [6.07, 6.45) is 0. The van der Waals surface area contributed by atoms with Crippen molar-refractivity contribution in [3.63, 3.8) is 0 Å². The Hall–Kier alpha value is -2.14. The molecular formula is C14H12ClFN2O2. The van der Waals surface area contributed by atoms with Gasteiger partial charge < -0.3 is 10.4 Å².